The Morgan fingerprint density at radius 3 is 2.81 bits per heavy atom. The normalized spacial score (nSPS) is 18.7. The van der Waals surface area contributed by atoms with Gasteiger partial charge in [0.15, 0.2) is 27.8 Å². The number of carbonyl (C=O) groups excluding carboxylic acids is 1. The van der Waals surface area contributed by atoms with E-state index >= 15 is 4.39 Å². The molecule has 3 aromatic rings. The van der Waals surface area contributed by atoms with Crippen molar-refractivity contribution < 1.29 is 18.7 Å². The summed E-state index contributed by atoms with van der Waals surface area (Å²) in [6, 6.07) is 1.21. The number of esters is 1. The van der Waals surface area contributed by atoms with Gasteiger partial charge in [0.1, 0.15) is 0 Å². The number of likely N-dealkylation sites (N-methyl/N-ethyl adjacent to an activating group) is 1. The number of nitrogens with one attached hydrogen (secondary N) is 1. The molecule has 9 nitrogen and oxygen atoms in total. The molecule has 4 heterocycles. The first kappa shape index (κ1) is 22.1. The zero-order valence-electron chi connectivity index (χ0n) is 17.7. The van der Waals surface area contributed by atoms with Crippen molar-refractivity contribution in [3.63, 3.8) is 0 Å². The number of pyridine rings is 2. The van der Waals surface area contributed by atoms with Crippen molar-refractivity contribution in [3.05, 3.63) is 51.5 Å². The lowest BCUT2D eigenvalue weighted by Crippen LogP contribution is -2.37. The Labute approximate surface area is 187 Å². The van der Waals surface area contributed by atoms with Gasteiger partial charge in [0, 0.05) is 49.6 Å². The lowest BCUT2D eigenvalue weighted by molar-refractivity contribution is -0.134. The molecule has 1 N–H and O–H groups in total. The van der Waals surface area contributed by atoms with E-state index in [2.05, 4.69) is 20.0 Å². The van der Waals surface area contributed by atoms with E-state index in [4.69, 9.17) is 4.74 Å². The molecule has 0 aliphatic carbocycles. The van der Waals surface area contributed by atoms with Crippen LogP contribution in [0.3, 0.4) is 0 Å². The number of fused-ring (bicyclic) bond motifs is 1. The smallest absolute Gasteiger partial charge is 0.330 e. The number of hydrogen-bond donors (Lipinski definition) is 1. The largest absolute Gasteiger partial charge is 0.466 e. The number of nitrogens with zero attached hydrogens (tertiary/aromatic N) is 4. The lowest BCUT2D eigenvalue weighted by atomic mass is 10.1. The molecule has 1 aliphatic rings. The molecule has 0 unspecified atom stereocenters. The second-order valence-electron chi connectivity index (χ2n) is 7.19. The highest BCUT2D eigenvalue weighted by Gasteiger charge is 2.34. The van der Waals surface area contributed by atoms with E-state index in [1.54, 1.807) is 28.2 Å². The van der Waals surface area contributed by atoms with Crippen LogP contribution in [0.5, 0.6) is 0 Å². The molecular formula is C21H22FN5O4S. The highest BCUT2D eigenvalue weighted by atomic mass is 32.1. The monoisotopic (exact) mass is 459 g/mol. The number of aromatic nitrogens is 3. The van der Waals surface area contributed by atoms with Crippen LogP contribution in [0.1, 0.15) is 5.56 Å². The van der Waals surface area contributed by atoms with Crippen molar-refractivity contribution in [2.24, 2.45) is 0 Å². The van der Waals surface area contributed by atoms with E-state index < -0.39 is 17.2 Å². The summed E-state index contributed by atoms with van der Waals surface area (Å²) in [5, 5.41) is 5.60. The van der Waals surface area contributed by atoms with Crippen molar-refractivity contribution in [1.82, 2.24) is 19.9 Å². The fraction of sp³-hybridized carbons (Fsp3) is 0.333. The second kappa shape index (κ2) is 9.15. The van der Waals surface area contributed by atoms with Crippen LogP contribution in [0, 0.1) is 5.82 Å². The Balaban J connectivity index is 1.89. The minimum absolute atomic E-state index is 0.0175. The fourth-order valence-corrected chi connectivity index (χ4v) is 4.36. The molecule has 1 aliphatic heterocycles. The van der Waals surface area contributed by atoms with Crippen LogP contribution in [0.2, 0.25) is 0 Å². The lowest BCUT2D eigenvalue weighted by Gasteiger charge is -2.19. The third kappa shape index (κ3) is 4.01. The second-order valence-corrected chi connectivity index (χ2v) is 8.07. The Morgan fingerprint density at radius 2 is 2.19 bits per heavy atom. The number of rotatable bonds is 6. The van der Waals surface area contributed by atoms with Crippen LogP contribution in [0.4, 0.5) is 10.2 Å². The van der Waals surface area contributed by atoms with Gasteiger partial charge in [0.2, 0.25) is 0 Å². The molecule has 1 fully saturated rings. The molecule has 0 aromatic carbocycles. The molecule has 0 saturated carbocycles. The maximum Gasteiger partial charge on any atom is 0.330 e. The quantitative estimate of drug-likeness (QED) is 0.438. The Bertz CT molecular complexity index is 1220. The van der Waals surface area contributed by atoms with E-state index in [1.165, 1.54) is 36.8 Å². The minimum Gasteiger partial charge on any atom is -0.466 e. The summed E-state index contributed by atoms with van der Waals surface area (Å²) in [4.78, 5) is 35.2. The molecule has 3 aromatic heterocycles. The number of halogens is 1. The molecule has 2 atom stereocenters. The maximum atomic E-state index is 15.2. The zero-order valence-corrected chi connectivity index (χ0v) is 18.6. The zero-order chi connectivity index (χ0) is 22.8. The van der Waals surface area contributed by atoms with Crippen molar-refractivity contribution in [1.29, 1.82) is 0 Å². The number of anilines is 1. The molecule has 32 heavy (non-hydrogen) atoms. The van der Waals surface area contributed by atoms with E-state index in [0.717, 1.165) is 6.08 Å². The van der Waals surface area contributed by atoms with Crippen molar-refractivity contribution in [2.75, 3.05) is 39.3 Å². The Hall–Kier alpha value is -3.15. The molecule has 1 saturated heterocycles. The van der Waals surface area contributed by atoms with Gasteiger partial charge < -0.3 is 19.7 Å². The highest BCUT2D eigenvalue weighted by molar-refractivity contribution is 7.12. The summed E-state index contributed by atoms with van der Waals surface area (Å²) in [5.41, 5.74) is 0.0107. The molecule has 0 radical (unpaired) electrons. The van der Waals surface area contributed by atoms with Gasteiger partial charge in [-0.25, -0.2) is 19.2 Å². The maximum absolute atomic E-state index is 15.2. The van der Waals surface area contributed by atoms with Gasteiger partial charge in [-0.05, 0) is 19.2 Å². The number of carbonyl (C=O) groups is 1. The topological polar surface area (TPSA) is 98.6 Å². The average Bonchev–Trinajstić information content (AvgIpc) is 3.48. The van der Waals surface area contributed by atoms with Crippen molar-refractivity contribution in [2.45, 2.75) is 12.1 Å². The summed E-state index contributed by atoms with van der Waals surface area (Å²) >= 11 is 1.34. The van der Waals surface area contributed by atoms with Gasteiger partial charge in [-0.3, -0.25) is 9.36 Å². The number of methoxy groups -OCH3 is 2. The van der Waals surface area contributed by atoms with E-state index in [9.17, 15) is 9.59 Å². The van der Waals surface area contributed by atoms with Gasteiger partial charge >= 0.3 is 5.97 Å². The Kier molecular flexibility index (Phi) is 6.31. The first-order valence-electron chi connectivity index (χ1n) is 9.83. The fourth-order valence-electron chi connectivity index (χ4n) is 3.74. The molecule has 4 rings (SSSR count). The van der Waals surface area contributed by atoms with Gasteiger partial charge in [0.25, 0.3) is 0 Å². The Morgan fingerprint density at radius 1 is 1.38 bits per heavy atom. The SMILES string of the molecule is CN[C@H]1CN(c2nc3c(cc2F)c(=O)c(/C=C/C(=O)OC)cn3-c2nccs2)C[C@@H]1OC. The van der Waals surface area contributed by atoms with Crippen LogP contribution < -0.4 is 15.6 Å². The predicted molar refractivity (Wildman–Crippen MR) is 120 cm³/mol. The summed E-state index contributed by atoms with van der Waals surface area (Å²) in [6.45, 7) is 0.963. The standard InChI is InChI=1S/C21H22FN5O4S/c1-23-15-10-26(11-16(15)30-2)20-14(22)8-13-18(29)12(4-5-17(28)31-3)9-27(19(13)25-20)21-24-6-7-32-21/h4-9,15-16,23H,10-11H2,1-3H3/b5-4+/t15-,16-/m0/s1. The van der Waals surface area contributed by atoms with Crippen LogP contribution in [-0.4, -0.2) is 67.0 Å². The summed E-state index contributed by atoms with van der Waals surface area (Å²) < 4.78 is 26.9. The first-order valence-corrected chi connectivity index (χ1v) is 10.7. The van der Waals surface area contributed by atoms with Gasteiger partial charge in [-0.15, -0.1) is 11.3 Å². The van der Waals surface area contributed by atoms with Crippen LogP contribution in [-0.2, 0) is 14.3 Å². The summed E-state index contributed by atoms with van der Waals surface area (Å²) in [5.74, 6) is -1.08. The number of hydrogen-bond acceptors (Lipinski definition) is 9. The van der Waals surface area contributed by atoms with Gasteiger partial charge in [0.05, 0.1) is 24.6 Å². The third-order valence-electron chi connectivity index (χ3n) is 5.41. The highest BCUT2D eigenvalue weighted by Crippen LogP contribution is 2.27. The first-order chi connectivity index (χ1) is 15.5. The molecule has 0 spiro atoms. The molecule has 0 amide bonds. The predicted octanol–water partition coefficient (Wildman–Crippen LogP) is 1.59. The molecular weight excluding hydrogens is 437 g/mol. The van der Waals surface area contributed by atoms with Crippen LogP contribution in [0.15, 0.2) is 34.7 Å². The molecule has 11 heteroatoms. The van der Waals surface area contributed by atoms with Gasteiger partial charge in [-0.2, -0.15) is 0 Å². The van der Waals surface area contributed by atoms with E-state index in [-0.39, 0.29) is 34.6 Å². The van der Waals surface area contributed by atoms with Crippen LogP contribution >= 0.6 is 11.3 Å². The van der Waals surface area contributed by atoms with Crippen molar-refractivity contribution >= 4 is 40.2 Å². The summed E-state index contributed by atoms with van der Waals surface area (Å²) in [6.07, 6.45) is 5.52. The van der Waals surface area contributed by atoms with Crippen molar-refractivity contribution in [3.8, 4) is 5.13 Å². The van der Waals surface area contributed by atoms with E-state index in [1.807, 2.05) is 7.05 Å². The van der Waals surface area contributed by atoms with Crippen LogP contribution in [0.25, 0.3) is 22.2 Å². The van der Waals surface area contributed by atoms with E-state index in [0.29, 0.717) is 18.2 Å². The summed E-state index contributed by atoms with van der Waals surface area (Å²) in [7, 11) is 4.69. The minimum atomic E-state index is -0.610. The number of thiazole rings is 1. The molecule has 168 valence electrons. The average molecular weight is 460 g/mol. The molecule has 0 bridgehead atoms. The third-order valence-corrected chi connectivity index (χ3v) is 6.18. The van der Waals surface area contributed by atoms with Gasteiger partial charge in [-0.1, -0.05) is 0 Å². The number of ether oxygens (including phenoxy) is 2.